The monoisotopic (exact) mass is 239 g/mol. The molecule has 0 aromatic carbocycles. The van der Waals surface area contributed by atoms with Crippen molar-refractivity contribution >= 4 is 5.97 Å². The van der Waals surface area contributed by atoms with Gasteiger partial charge in [0, 0.05) is 37.3 Å². The summed E-state index contributed by atoms with van der Waals surface area (Å²) in [4.78, 5) is 10.4. The van der Waals surface area contributed by atoms with Gasteiger partial charge in [-0.1, -0.05) is 0 Å². The Morgan fingerprint density at radius 2 is 2.18 bits per heavy atom. The van der Waals surface area contributed by atoms with Gasteiger partial charge in [0.25, 0.3) is 0 Å². The molecular formula is C12H21N3O2. The summed E-state index contributed by atoms with van der Waals surface area (Å²) in [5, 5.41) is 16.3. The van der Waals surface area contributed by atoms with E-state index in [4.69, 9.17) is 5.11 Å². The topological polar surface area (TPSA) is 67.2 Å². The number of nitrogens with zero attached hydrogens (tertiary/aromatic N) is 2. The predicted octanol–water partition coefficient (Wildman–Crippen LogP) is 1.38. The maximum Gasteiger partial charge on any atom is 0.303 e. The number of hydrogen-bond donors (Lipinski definition) is 2. The Labute approximate surface area is 102 Å². The number of aliphatic carboxylic acids is 1. The number of rotatable bonds is 6. The maximum atomic E-state index is 10.4. The molecule has 0 aliphatic carbocycles. The minimum Gasteiger partial charge on any atom is -0.481 e. The number of carboxylic acids is 1. The van der Waals surface area contributed by atoms with Gasteiger partial charge >= 0.3 is 5.97 Å². The van der Waals surface area contributed by atoms with Crippen molar-refractivity contribution in [1.29, 1.82) is 0 Å². The van der Waals surface area contributed by atoms with Gasteiger partial charge in [-0.2, -0.15) is 5.10 Å². The normalized spacial score (nSPS) is 12.7. The van der Waals surface area contributed by atoms with E-state index in [1.165, 1.54) is 5.56 Å². The molecule has 0 saturated heterocycles. The Kier molecular flexibility index (Phi) is 4.69. The largest absolute Gasteiger partial charge is 0.481 e. The number of carbonyl (C=O) groups is 1. The maximum absolute atomic E-state index is 10.4. The molecule has 0 amide bonds. The average molecular weight is 239 g/mol. The van der Waals surface area contributed by atoms with Gasteiger partial charge in [-0.25, -0.2) is 0 Å². The molecule has 1 aromatic heterocycles. The van der Waals surface area contributed by atoms with E-state index in [1.807, 2.05) is 32.5 Å². The molecule has 1 atom stereocenters. The highest BCUT2D eigenvalue weighted by atomic mass is 16.4. The standard InChI is InChI=1S/C12H21N3O2/c1-8(5-6-12(16)17)13-7-11-9(2)14-15(4)10(11)3/h8,13H,5-7H2,1-4H3,(H,16,17). The number of nitrogens with one attached hydrogen (secondary N) is 1. The van der Waals surface area contributed by atoms with E-state index < -0.39 is 5.97 Å². The lowest BCUT2D eigenvalue weighted by Gasteiger charge is -2.12. The van der Waals surface area contributed by atoms with Gasteiger partial charge < -0.3 is 10.4 Å². The Bertz CT molecular complexity index is 399. The van der Waals surface area contributed by atoms with E-state index in [-0.39, 0.29) is 12.5 Å². The summed E-state index contributed by atoms with van der Waals surface area (Å²) < 4.78 is 1.87. The second kappa shape index (κ2) is 5.82. The molecule has 2 N–H and O–H groups in total. The molecule has 5 heteroatoms. The van der Waals surface area contributed by atoms with Crippen LogP contribution in [0.5, 0.6) is 0 Å². The molecule has 17 heavy (non-hydrogen) atoms. The van der Waals surface area contributed by atoms with Crippen LogP contribution >= 0.6 is 0 Å². The van der Waals surface area contributed by atoms with Crippen molar-refractivity contribution in [1.82, 2.24) is 15.1 Å². The van der Waals surface area contributed by atoms with Crippen molar-refractivity contribution < 1.29 is 9.90 Å². The fraction of sp³-hybridized carbons (Fsp3) is 0.667. The highest BCUT2D eigenvalue weighted by molar-refractivity contribution is 5.66. The Balaban J connectivity index is 2.47. The van der Waals surface area contributed by atoms with Gasteiger partial charge in [0.1, 0.15) is 0 Å². The summed E-state index contributed by atoms with van der Waals surface area (Å²) >= 11 is 0. The number of aryl methyl sites for hydroxylation is 2. The lowest BCUT2D eigenvalue weighted by molar-refractivity contribution is -0.137. The van der Waals surface area contributed by atoms with Crippen molar-refractivity contribution in [2.45, 2.75) is 46.2 Å². The Hall–Kier alpha value is -1.36. The first kappa shape index (κ1) is 13.7. The SMILES string of the molecule is Cc1nn(C)c(C)c1CNC(C)CCC(=O)O. The van der Waals surface area contributed by atoms with Crippen LogP contribution in [-0.2, 0) is 18.4 Å². The van der Waals surface area contributed by atoms with Crippen LogP contribution in [0.15, 0.2) is 0 Å². The van der Waals surface area contributed by atoms with E-state index in [9.17, 15) is 4.79 Å². The van der Waals surface area contributed by atoms with Gasteiger partial charge in [-0.05, 0) is 27.2 Å². The molecule has 1 heterocycles. The third kappa shape index (κ3) is 3.85. The Morgan fingerprint density at radius 3 is 2.65 bits per heavy atom. The summed E-state index contributed by atoms with van der Waals surface area (Å²) in [5.41, 5.74) is 3.39. The van der Waals surface area contributed by atoms with Crippen molar-refractivity contribution in [2.24, 2.45) is 7.05 Å². The van der Waals surface area contributed by atoms with Gasteiger partial charge in [0.15, 0.2) is 0 Å². The molecule has 0 fully saturated rings. The van der Waals surface area contributed by atoms with Crippen LogP contribution in [-0.4, -0.2) is 26.9 Å². The highest BCUT2D eigenvalue weighted by Gasteiger charge is 2.11. The first-order valence-electron chi connectivity index (χ1n) is 5.86. The first-order valence-corrected chi connectivity index (χ1v) is 5.86. The summed E-state index contributed by atoms with van der Waals surface area (Å²) in [6.07, 6.45) is 0.854. The summed E-state index contributed by atoms with van der Waals surface area (Å²) in [7, 11) is 1.93. The molecule has 0 radical (unpaired) electrons. The van der Waals surface area contributed by atoms with E-state index in [0.29, 0.717) is 6.42 Å². The van der Waals surface area contributed by atoms with E-state index >= 15 is 0 Å². The van der Waals surface area contributed by atoms with E-state index in [1.54, 1.807) is 0 Å². The fourth-order valence-corrected chi connectivity index (χ4v) is 1.79. The van der Waals surface area contributed by atoms with Gasteiger partial charge in [0.05, 0.1) is 5.69 Å². The molecular weight excluding hydrogens is 218 g/mol. The molecule has 5 nitrogen and oxygen atoms in total. The molecule has 0 aliphatic heterocycles. The smallest absolute Gasteiger partial charge is 0.303 e. The molecule has 0 spiro atoms. The van der Waals surface area contributed by atoms with Crippen LogP contribution in [0.1, 0.15) is 36.7 Å². The van der Waals surface area contributed by atoms with Crippen LogP contribution in [0.2, 0.25) is 0 Å². The summed E-state index contributed by atoms with van der Waals surface area (Å²) in [5.74, 6) is -0.743. The molecule has 0 bridgehead atoms. The minimum absolute atomic E-state index is 0.199. The molecule has 1 unspecified atom stereocenters. The van der Waals surface area contributed by atoms with Crippen LogP contribution in [0, 0.1) is 13.8 Å². The van der Waals surface area contributed by atoms with E-state index in [2.05, 4.69) is 10.4 Å². The predicted molar refractivity (Wildman–Crippen MR) is 65.9 cm³/mol. The fourth-order valence-electron chi connectivity index (χ4n) is 1.79. The molecule has 0 saturated carbocycles. The van der Waals surface area contributed by atoms with Crippen LogP contribution in [0.4, 0.5) is 0 Å². The zero-order chi connectivity index (χ0) is 13.0. The summed E-state index contributed by atoms with van der Waals surface area (Å²) in [6, 6.07) is 0.199. The van der Waals surface area contributed by atoms with Crippen molar-refractivity contribution in [3.05, 3.63) is 17.0 Å². The van der Waals surface area contributed by atoms with Crippen LogP contribution < -0.4 is 5.32 Å². The molecule has 0 aliphatic rings. The summed E-state index contributed by atoms with van der Waals surface area (Å²) in [6.45, 7) is 6.78. The van der Waals surface area contributed by atoms with Gasteiger partial charge in [-0.3, -0.25) is 9.48 Å². The zero-order valence-corrected chi connectivity index (χ0v) is 10.9. The second-order valence-electron chi connectivity index (χ2n) is 4.49. The average Bonchev–Trinajstić information content (AvgIpc) is 2.48. The lowest BCUT2D eigenvalue weighted by Crippen LogP contribution is -2.26. The third-order valence-electron chi connectivity index (χ3n) is 3.08. The molecule has 1 aromatic rings. The molecule has 96 valence electrons. The second-order valence-corrected chi connectivity index (χ2v) is 4.49. The minimum atomic E-state index is -0.743. The highest BCUT2D eigenvalue weighted by Crippen LogP contribution is 2.11. The third-order valence-corrected chi connectivity index (χ3v) is 3.08. The number of hydrogen-bond acceptors (Lipinski definition) is 3. The van der Waals surface area contributed by atoms with Crippen molar-refractivity contribution in [2.75, 3.05) is 0 Å². The quantitative estimate of drug-likeness (QED) is 0.787. The van der Waals surface area contributed by atoms with E-state index in [0.717, 1.165) is 17.9 Å². The first-order chi connectivity index (χ1) is 7.91. The van der Waals surface area contributed by atoms with Crippen LogP contribution in [0.3, 0.4) is 0 Å². The van der Waals surface area contributed by atoms with Crippen molar-refractivity contribution in [3.63, 3.8) is 0 Å². The Morgan fingerprint density at radius 1 is 1.53 bits per heavy atom. The van der Waals surface area contributed by atoms with Gasteiger partial charge in [-0.15, -0.1) is 0 Å². The molecule has 1 rings (SSSR count). The van der Waals surface area contributed by atoms with Gasteiger partial charge in [0.2, 0.25) is 0 Å². The van der Waals surface area contributed by atoms with Crippen LogP contribution in [0.25, 0.3) is 0 Å². The number of carboxylic acid groups (broad SMARTS) is 1. The van der Waals surface area contributed by atoms with Crippen molar-refractivity contribution in [3.8, 4) is 0 Å². The zero-order valence-electron chi connectivity index (χ0n) is 10.9. The lowest BCUT2D eigenvalue weighted by atomic mass is 10.1. The number of aromatic nitrogens is 2.